The zero-order valence-electron chi connectivity index (χ0n) is 26.0. The summed E-state index contributed by atoms with van der Waals surface area (Å²) in [7, 11) is 0. The number of amides is 1. The molecule has 3 fully saturated rings. The third-order valence-electron chi connectivity index (χ3n) is 10.2. The second-order valence-electron chi connectivity index (χ2n) is 12.8. The highest BCUT2D eigenvalue weighted by molar-refractivity contribution is 7.23. The van der Waals surface area contributed by atoms with Gasteiger partial charge in [0.2, 0.25) is 5.91 Å². The van der Waals surface area contributed by atoms with Gasteiger partial charge in [-0.25, -0.2) is 13.2 Å². The van der Waals surface area contributed by atoms with Gasteiger partial charge < -0.3 is 25.0 Å². The van der Waals surface area contributed by atoms with Crippen LogP contribution in [0, 0.1) is 23.0 Å². The van der Waals surface area contributed by atoms with Gasteiger partial charge in [0.15, 0.2) is 11.6 Å². The van der Waals surface area contributed by atoms with E-state index in [9.17, 15) is 18.8 Å². The first kappa shape index (κ1) is 31.2. The average Bonchev–Trinajstić information content (AvgIpc) is 3.71. The lowest BCUT2D eigenvalue weighted by Crippen LogP contribution is -2.58. The molecule has 10 nitrogen and oxygen atoms in total. The smallest absolute Gasteiger partial charge is 0.319 e. The lowest BCUT2D eigenvalue weighted by molar-refractivity contribution is -0.134. The van der Waals surface area contributed by atoms with Gasteiger partial charge in [0.1, 0.15) is 47.0 Å². The maximum atomic E-state index is 17.2. The molecule has 2 aromatic carbocycles. The van der Waals surface area contributed by atoms with Crippen LogP contribution in [-0.2, 0) is 4.79 Å². The van der Waals surface area contributed by atoms with Gasteiger partial charge in [0.05, 0.1) is 32.8 Å². The van der Waals surface area contributed by atoms with E-state index in [0.29, 0.717) is 39.0 Å². The number of nitrogens with two attached hydrogens (primary N) is 1. The van der Waals surface area contributed by atoms with Crippen molar-refractivity contribution in [2.45, 2.75) is 50.4 Å². The van der Waals surface area contributed by atoms with Crippen molar-refractivity contribution in [3.63, 3.8) is 0 Å². The molecule has 0 spiro atoms. The van der Waals surface area contributed by atoms with Crippen molar-refractivity contribution in [1.82, 2.24) is 19.8 Å². The molecule has 0 saturated carbocycles. The molecule has 4 aliphatic rings. The Labute approximate surface area is 282 Å². The fourth-order valence-corrected chi connectivity index (χ4v) is 9.28. The number of carbonyl (C=O) groups excluding carboxylic acids is 1. The maximum absolute atomic E-state index is 17.2. The Balaban J connectivity index is 1.36. The summed E-state index contributed by atoms with van der Waals surface area (Å²) in [5, 5.41) is 10.2. The standard InChI is InChI=1S/C33H31ClF3N7O3S/c1-2-42-9-10-44-20(31(42)45)6-11-46-27-23-26(40-32(41-30(23)44)47-15-33-7-3-8-43(33)14-16(35)12-33)25(37)22(24(27)34)17-4-5-19(36)28-21(17)18(13-38)29(39)48-28/h4-5,16,20H,2-3,6-12,14-15,39H2,1H3/t16-,20?,33?/m1/s1. The summed E-state index contributed by atoms with van der Waals surface area (Å²) in [5.74, 6) is -1.23. The number of piperazine rings is 1. The molecule has 0 bridgehead atoms. The molecule has 6 heterocycles. The molecule has 250 valence electrons. The number of thiophene rings is 1. The first-order valence-corrected chi connectivity index (χ1v) is 17.2. The summed E-state index contributed by atoms with van der Waals surface area (Å²) in [6.07, 6.45) is 1.31. The number of rotatable bonds is 5. The highest BCUT2D eigenvalue weighted by atomic mass is 35.5. The number of aromatic nitrogens is 2. The number of nitriles is 1. The first-order chi connectivity index (χ1) is 23.2. The zero-order chi connectivity index (χ0) is 33.5. The molecule has 2 aromatic heterocycles. The number of alkyl halides is 1. The molecule has 4 aliphatic heterocycles. The maximum Gasteiger partial charge on any atom is 0.319 e. The Morgan fingerprint density at radius 2 is 2.08 bits per heavy atom. The fourth-order valence-electron chi connectivity index (χ4n) is 7.99. The van der Waals surface area contributed by atoms with Crippen LogP contribution in [0.25, 0.3) is 32.1 Å². The van der Waals surface area contributed by atoms with E-state index in [0.717, 1.165) is 30.7 Å². The Morgan fingerprint density at radius 3 is 2.88 bits per heavy atom. The summed E-state index contributed by atoms with van der Waals surface area (Å²) in [6.45, 7) is 4.58. The van der Waals surface area contributed by atoms with E-state index in [-0.39, 0.29) is 84.4 Å². The van der Waals surface area contributed by atoms with Crippen LogP contribution in [0.5, 0.6) is 11.8 Å². The van der Waals surface area contributed by atoms with E-state index in [1.54, 1.807) is 4.90 Å². The van der Waals surface area contributed by atoms with Crippen molar-refractivity contribution in [3.05, 3.63) is 34.4 Å². The largest absolute Gasteiger partial charge is 0.491 e. The Morgan fingerprint density at radius 1 is 1.25 bits per heavy atom. The number of nitrogens with zero attached hydrogens (tertiary/aromatic N) is 6. The van der Waals surface area contributed by atoms with Gasteiger partial charge in [-0.1, -0.05) is 17.7 Å². The predicted molar refractivity (Wildman–Crippen MR) is 176 cm³/mol. The van der Waals surface area contributed by atoms with E-state index in [4.69, 9.17) is 31.8 Å². The Bertz CT molecular complexity index is 2060. The van der Waals surface area contributed by atoms with Crippen LogP contribution in [0.1, 0.15) is 38.2 Å². The number of likely N-dealkylation sites (N-methyl/N-ethyl adjacent to an activating group) is 1. The van der Waals surface area contributed by atoms with Crippen molar-refractivity contribution < 1.29 is 27.4 Å². The van der Waals surface area contributed by atoms with Gasteiger partial charge in [-0.15, -0.1) is 11.3 Å². The van der Waals surface area contributed by atoms with Crippen LogP contribution in [-0.4, -0.2) is 89.4 Å². The second-order valence-corrected chi connectivity index (χ2v) is 14.2. The van der Waals surface area contributed by atoms with Gasteiger partial charge in [0, 0.05) is 50.0 Å². The quantitative estimate of drug-likeness (QED) is 0.281. The van der Waals surface area contributed by atoms with Crippen LogP contribution in [0.4, 0.5) is 24.0 Å². The van der Waals surface area contributed by atoms with Gasteiger partial charge in [0.25, 0.3) is 0 Å². The molecule has 0 aliphatic carbocycles. The van der Waals surface area contributed by atoms with Crippen LogP contribution in [0.2, 0.25) is 5.02 Å². The van der Waals surface area contributed by atoms with Crippen molar-refractivity contribution in [1.29, 1.82) is 5.26 Å². The van der Waals surface area contributed by atoms with E-state index < -0.39 is 29.4 Å². The molecular formula is C33H31ClF3N7O3S. The highest BCUT2D eigenvalue weighted by Crippen LogP contribution is 2.51. The van der Waals surface area contributed by atoms with Crippen molar-refractivity contribution in [3.8, 4) is 29.0 Å². The number of hydrogen-bond donors (Lipinski definition) is 1. The van der Waals surface area contributed by atoms with Gasteiger partial charge in [-0.2, -0.15) is 15.2 Å². The molecule has 8 rings (SSSR count). The van der Waals surface area contributed by atoms with Gasteiger partial charge >= 0.3 is 6.01 Å². The monoisotopic (exact) mass is 697 g/mol. The first-order valence-electron chi connectivity index (χ1n) is 16.0. The minimum atomic E-state index is -0.972. The summed E-state index contributed by atoms with van der Waals surface area (Å²) >= 11 is 7.91. The van der Waals surface area contributed by atoms with Crippen LogP contribution >= 0.6 is 22.9 Å². The number of halogens is 4. The molecular weight excluding hydrogens is 667 g/mol. The molecule has 4 aromatic rings. The molecule has 2 unspecified atom stereocenters. The molecule has 2 N–H and O–H groups in total. The van der Waals surface area contributed by atoms with E-state index in [1.807, 2.05) is 17.9 Å². The van der Waals surface area contributed by atoms with Crippen LogP contribution < -0.4 is 20.1 Å². The number of ether oxygens (including phenoxy) is 2. The van der Waals surface area contributed by atoms with E-state index in [1.165, 1.54) is 12.1 Å². The van der Waals surface area contributed by atoms with E-state index in [2.05, 4.69) is 9.88 Å². The highest BCUT2D eigenvalue weighted by Gasteiger charge is 2.49. The van der Waals surface area contributed by atoms with Gasteiger partial charge in [-0.3, -0.25) is 9.69 Å². The molecule has 48 heavy (non-hydrogen) atoms. The topological polar surface area (TPSA) is 121 Å². The normalized spacial score (nSPS) is 24.0. The molecule has 3 saturated heterocycles. The third-order valence-corrected chi connectivity index (χ3v) is 11.6. The lowest BCUT2D eigenvalue weighted by atomic mass is 9.95. The van der Waals surface area contributed by atoms with E-state index >= 15 is 4.39 Å². The minimum absolute atomic E-state index is 0.00861. The molecule has 3 atom stereocenters. The summed E-state index contributed by atoms with van der Waals surface area (Å²) in [6, 6.07) is 3.79. The SMILES string of the molecule is CCN1CCN2c3nc(OCC45CCCN4C[C@H](F)C5)nc4c(F)c(-c5ccc(F)c6sc(N)c(C#N)c56)c(Cl)c(c34)OCCC2C1=O. The fraction of sp³-hybridized carbons (Fsp3) is 0.455. The van der Waals surface area contributed by atoms with Crippen molar-refractivity contribution in [2.24, 2.45) is 0 Å². The number of hydrogen-bond acceptors (Lipinski definition) is 10. The number of carbonyl (C=O) groups is 1. The number of nitrogen functional groups attached to an aromatic ring is 1. The van der Waals surface area contributed by atoms with Crippen LogP contribution in [0.3, 0.4) is 0 Å². The van der Waals surface area contributed by atoms with Crippen molar-refractivity contribution in [2.75, 3.05) is 56.6 Å². The van der Waals surface area contributed by atoms with Crippen molar-refractivity contribution >= 4 is 60.7 Å². The summed E-state index contributed by atoms with van der Waals surface area (Å²) in [4.78, 5) is 28.6. The number of benzene rings is 2. The average molecular weight is 698 g/mol. The Kier molecular flexibility index (Phi) is 7.50. The predicted octanol–water partition coefficient (Wildman–Crippen LogP) is 5.67. The molecule has 15 heteroatoms. The molecule has 1 amide bonds. The zero-order valence-corrected chi connectivity index (χ0v) is 27.6. The number of anilines is 2. The second kappa shape index (κ2) is 11.5. The lowest BCUT2D eigenvalue weighted by Gasteiger charge is -2.42. The Hall–Kier alpha value is -4.06. The summed E-state index contributed by atoms with van der Waals surface area (Å²) in [5.41, 5.74) is 5.41. The number of fused-ring (bicyclic) bond motifs is 4. The molecule has 0 radical (unpaired) electrons. The van der Waals surface area contributed by atoms with Gasteiger partial charge in [-0.05, 0) is 37.9 Å². The third kappa shape index (κ3) is 4.58. The van der Waals surface area contributed by atoms with Crippen LogP contribution in [0.15, 0.2) is 12.1 Å². The minimum Gasteiger partial charge on any atom is -0.491 e. The summed E-state index contributed by atoms with van der Waals surface area (Å²) < 4.78 is 59.3.